The summed E-state index contributed by atoms with van der Waals surface area (Å²) in [5.41, 5.74) is 4.28. The Morgan fingerprint density at radius 1 is 1.03 bits per heavy atom. The van der Waals surface area contributed by atoms with Crippen LogP contribution in [0.1, 0.15) is 24.5 Å². The van der Waals surface area contributed by atoms with Crippen molar-refractivity contribution in [2.45, 2.75) is 37.6 Å². The molecule has 0 radical (unpaired) electrons. The van der Waals surface area contributed by atoms with Gasteiger partial charge in [-0.15, -0.1) is 11.3 Å². The van der Waals surface area contributed by atoms with Gasteiger partial charge in [0.2, 0.25) is 5.91 Å². The Morgan fingerprint density at radius 3 is 2.43 bits per heavy atom. The fourth-order valence-electron chi connectivity index (χ4n) is 5.09. The highest BCUT2D eigenvalue weighted by molar-refractivity contribution is 7.93. The van der Waals surface area contributed by atoms with Crippen molar-refractivity contribution in [1.82, 2.24) is 4.90 Å². The fourth-order valence-corrected chi connectivity index (χ4v) is 7.38. The third-order valence-corrected chi connectivity index (χ3v) is 9.80. The number of benzene rings is 2. The molecule has 1 aromatic heterocycles. The highest BCUT2D eigenvalue weighted by Crippen LogP contribution is 2.32. The number of amides is 1. The molecule has 0 saturated carbocycles. The van der Waals surface area contributed by atoms with E-state index < -0.39 is 10.0 Å². The number of fused-ring (bicyclic) bond motifs is 1. The van der Waals surface area contributed by atoms with E-state index in [2.05, 4.69) is 14.5 Å². The molecule has 196 valence electrons. The molecule has 3 aromatic rings. The molecule has 1 amide bonds. The number of halogens is 1. The molecule has 0 unspecified atom stereocenters. The lowest BCUT2D eigenvalue weighted by molar-refractivity contribution is -0.132. The van der Waals surface area contributed by atoms with Crippen LogP contribution in [-0.4, -0.2) is 58.0 Å². The standard InChI is InChI=1S/C27H31ClN4O3S2/c1-19-16-26(36-18-19)29-37(34,35)24-8-6-23(7-9-24)30-12-14-31(15-13-30)27(33)20(2)32-11-3-4-21-17-22(28)5-10-25(21)32/h5-10,16-18,20,29H,3-4,11-15H2,1-2H3/t20-/m1/s1. The number of nitrogens with one attached hydrogen (secondary N) is 1. The Kier molecular flexibility index (Phi) is 7.38. The maximum atomic E-state index is 13.4. The highest BCUT2D eigenvalue weighted by Gasteiger charge is 2.31. The number of hydrogen-bond donors (Lipinski definition) is 1. The van der Waals surface area contributed by atoms with E-state index in [1.165, 1.54) is 16.9 Å². The zero-order valence-electron chi connectivity index (χ0n) is 21.0. The van der Waals surface area contributed by atoms with E-state index in [9.17, 15) is 13.2 Å². The van der Waals surface area contributed by atoms with Crippen molar-refractivity contribution in [3.63, 3.8) is 0 Å². The van der Waals surface area contributed by atoms with Crippen LogP contribution in [0.2, 0.25) is 5.02 Å². The van der Waals surface area contributed by atoms with E-state index in [4.69, 9.17) is 11.6 Å². The van der Waals surface area contributed by atoms with Crippen molar-refractivity contribution in [2.24, 2.45) is 0 Å². The minimum absolute atomic E-state index is 0.138. The number of carbonyl (C=O) groups excluding carboxylic acids is 1. The summed E-state index contributed by atoms with van der Waals surface area (Å²) < 4.78 is 28.1. The number of sulfonamides is 1. The lowest BCUT2D eigenvalue weighted by Gasteiger charge is -2.41. The molecule has 1 atom stereocenters. The van der Waals surface area contributed by atoms with Gasteiger partial charge < -0.3 is 14.7 Å². The van der Waals surface area contributed by atoms with Gasteiger partial charge in [0.15, 0.2) is 0 Å². The number of hydrogen-bond acceptors (Lipinski definition) is 6. The molecule has 5 rings (SSSR count). The zero-order valence-corrected chi connectivity index (χ0v) is 23.4. The van der Waals surface area contributed by atoms with Gasteiger partial charge in [0.25, 0.3) is 10.0 Å². The first kappa shape index (κ1) is 25.9. The first-order chi connectivity index (χ1) is 17.7. The van der Waals surface area contributed by atoms with E-state index >= 15 is 0 Å². The molecule has 37 heavy (non-hydrogen) atoms. The van der Waals surface area contributed by atoms with Crippen LogP contribution >= 0.6 is 22.9 Å². The number of nitrogens with zero attached hydrogens (tertiary/aromatic N) is 3. The summed E-state index contributed by atoms with van der Waals surface area (Å²) in [4.78, 5) is 20.0. The van der Waals surface area contributed by atoms with Crippen LogP contribution in [0.4, 0.5) is 16.4 Å². The van der Waals surface area contributed by atoms with Gasteiger partial charge in [0.1, 0.15) is 11.0 Å². The summed E-state index contributed by atoms with van der Waals surface area (Å²) in [6.07, 6.45) is 1.99. The van der Waals surface area contributed by atoms with E-state index in [1.54, 1.807) is 12.1 Å². The van der Waals surface area contributed by atoms with Crippen molar-refractivity contribution < 1.29 is 13.2 Å². The third kappa shape index (κ3) is 5.58. The molecule has 0 bridgehead atoms. The summed E-state index contributed by atoms with van der Waals surface area (Å²) in [5.74, 6) is 0.138. The average Bonchev–Trinajstić information content (AvgIpc) is 3.31. The second-order valence-electron chi connectivity index (χ2n) is 9.65. The molecule has 2 aliphatic heterocycles. The summed E-state index contributed by atoms with van der Waals surface area (Å²) in [6, 6.07) is 14.5. The van der Waals surface area contributed by atoms with Gasteiger partial charge in [-0.05, 0) is 91.7 Å². The van der Waals surface area contributed by atoms with Gasteiger partial charge >= 0.3 is 0 Å². The summed E-state index contributed by atoms with van der Waals surface area (Å²) >= 11 is 7.55. The third-order valence-electron chi connectivity index (χ3n) is 7.09. The number of piperazine rings is 1. The highest BCUT2D eigenvalue weighted by atomic mass is 35.5. The fraction of sp³-hybridized carbons (Fsp3) is 0.370. The average molecular weight is 559 g/mol. The molecule has 10 heteroatoms. The van der Waals surface area contributed by atoms with Crippen molar-refractivity contribution in [2.75, 3.05) is 47.2 Å². The van der Waals surface area contributed by atoms with Crippen molar-refractivity contribution >= 4 is 55.2 Å². The number of carbonyl (C=O) groups is 1. The molecule has 3 heterocycles. The van der Waals surface area contributed by atoms with Crippen LogP contribution in [-0.2, 0) is 21.2 Å². The van der Waals surface area contributed by atoms with Gasteiger partial charge in [-0.25, -0.2) is 8.42 Å². The normalized spacial score (nSPS) is 16.9. The maximum Gasteiger partial charge on any atom is 0.262 e. The first-order valence-electron chi connectivity index (χ1n) is 12.5. The lowest BCUT2D eigenvalue weighted by atomic mass is 10.00. The smallest absolute Gasteiger partial charge is 0.262 e. The predicted molar refractivity (Wildman–Crippen MR) is 152 cm³/mol. The second kappa shape index (κ2) is 10.6. The van der Waals surface area contributed by atoms with Crippen LogP contribution < -0.4 is 14.5 Å². The van der Waals surface area contributed by atoms with E-state index in [-0.39, 0.29) is 16.8 Å². The Bertz CT molecular complexity index is 1380. The van der Waals surface area contributed by atoms with E-state index in [1.807, 2.05) is 60.5 Å². The van der Waals surface area contributed by atoms with Crippen molar-refractivity contribution in [3.05, 3.63) is 70.1 Å². The predicted octanol–water partition coefficient (Wildman–Crippen LogP) is 5.00. The quantitative estimate of drug-likeness (QED) is 0.461. The van der Waals surface area contributed by atoms with Gasteiger partial charge in [-0.3, -0.25) is 9.52 Å². The number of rotatable bonds is 6. The Morgan fingerprint density at radius 2 is 1.76 bits per heavy atom. The molecule has 1 N–H and O–H groups in total. The molecule has 1 fully saturated rings. The summed E-state index contributed by atoms with van der Waals surface area (Å²) in [5, 5.41) is 3.25. The largest absolute Gasteiger partial charge is 0.368 e. The van der Waals surface area contributed by atoms with Crippen molar-refractivity contribution in [1.29, 1.82) is 0 Å². The van der Waals surface area contributed by atoms with Gasteiger partial charge in [0.05, 0.1) is 4.90 Å². The number of aryl methyl sites for hydroxylation is 2. The first-order valence-corrected chi connectivity index (χ1v) is 15.2. The van der Waals surface area contributed by atoms with Crippen LogP contribution in [0.25, 0.3) is 0 Å². The van der Waals surface area contributed by atoms with Crippen LogP contribution in [0.15, 0.2) is 58.8 Å². The van der Waals surface area contributed by atoms with Crippen LogP contribution in [0.3, 0.4) is 0 Å². The van der Waals surface area contributed by atoms with Crippen LogP contribution in [0, 0.1) is 6.92 Å². The second-order valence-corrected chi connectivity index (χ2v) is 12.7. The van der Waals surface area contributed by atoms with E-state index in [0.29, 0.717) is 31.2 Å². The van der Waals surface area contributed by atoms with Gasteiger partial charge in [-0.2, -0.15) is 0 Å². The Hall–Kier alpha value is -2.75. The molecule has 2 aromatic carbocycles. The van der Waals surface area contributed by atoms with E-state index in [0.717, 1.165) is 41.3 Å². The minimum Gasteiger partial charge on any atom is -0.368 e. The molecule has 2 aliphatic rings. The Labute approximate surface area is 227 Å². The van der Waals surface area contributed by atoms with Gasteiger partial charge in [0, 0.05) is 49.1 Å². The molecule has 0 spiro atoms. The number of anilines is 3. The summed E-state index contributed by atoms with van der Waals surface area (Å²) in [6.45, 7) is 7.43. The monoisotopic (exact) mass is 558 g/mol. The molecule has 0 aliphatic carbocycles. The zero-order chi connectivity index (χ0) is 26.2. The van der Waals surface area contributed by atoms with Crippen molar-refractivity contribution in [3.8, 4) is 0 Å². The molecular formula is C27H31ClN4O3S2. The molecule has 7 nitrogen and oxygen atoms in total. The molecular weight excluding hydrogens is 528 g/mol. The topological polar surface area (TPSA) is 73.0 Å². The Balaban J connectivity index is 1.19. The lowest BCUT2D eigenvalue weighted by Crippen LogP contribution is -2.55. The maximum absolute atomic E-state index is 13.4. The van der Waals surface area contributed by atoms with Gasteiger partial charge in [-0.1, -0.05) is 11.6 Å². The van der Waals surface area contributed by atoms with Crippen LogP contribution in [0.5, 0.6) is 0 Å². The molecule has 1 saturated heterocycles. The number of thiophene rings is 1. The SMILES string of the molecule is Cc1csc(NS(=O)(=O)c2ccc(N3CCN(C(=O)[C@@H](C)N4CCCc5cc(Cl)ccc54)CC3)cc2)c1. The minimum atomic E-state index is -3.63. The summed E-state index contributed by atoms with van der Waals surface area (Å²) in [7, 11) is -3.63.